The lowest BCUT2D eigenvalue weighted by molar-refractivity contribution is -0.384. The van der Waals surface area contributed by atoms with Crippen molar-refractivity contribution < 1.29 is 19.9 Å². The van der Waals surface area contributed by atoms with Gasteiger partial charge in [0.1, 0.15) is 11.3 Å². The molecule has 0 aliphatic heterocycles. The number of phenols is 2. The molecule has 0 atom stereocenters. The molecular weight excluding hydrogens is 326 g/mol. The van der Waals surface area contributed by atoms with Crippen molar-refractivity contribution in [2.75, 3.05) is 5.32 Å². The second-order valence-electron chi connectivity index (χ2n) is 4.95. The second-order valence-corrected chi connectivity index (χ2v) is 4.95. The van der Waals surface area contributed by atoms with Gasteiger partial charge >= 0.3 is 0 Å². The first-order valence-electron chi connectivity index (χ1n) is 6.83. The van der Waals surface area contributed by atoms with Crippen molar-refractivity contribution >= 4 is 28.2 Å². The number of nitro groups is 1. The van der Waals surface area contributed by atoms with E-state index in [2.05, 4.69) is 10.3 Å². The number of aromatic nitrogens is 1. The Kier molecular flexibility index (Phi) is 4.83. The summed E-state index contributed by atoms with van der Waals surface area (Å²) in [6.45, 7) is 0. The maximum atomic E-state index is 12.3. The predicted molar refractivity (Wildman–Crippen MR) is 92.9 cm³/mol. The van der Waals surface area contributed by atoms with Crippen molar-refractivity contribution in [2.24, 2.45) is 0 Å². The van der Waals surface area contributed by atoms with Gasteiger partial charge < -0.3 is 15.5 Å². The minimum absolute atomic E-state index is 0. The number of nitrogens with one attached hydrogen (secondary N) is 1. The SMILES string of the molecule is C.O=C(Nc1cc([N+](=O)[O-])ccc1O)c1ccc2cccnc2c1O. The lowest BCUT2D eigenvalue weighted by Gasteiger charge is -2.09. The van der Waals surface area contributed by atoms with E-state index >= 15 is 0 Å². The lowest BCUT2D eigenvalue weighted by atomic mass is 10.1. The summed E-state index contributed by atoms with van der Waals surface area (Å²) in [6.07, 6.45) is 1.48. The largest absolute Gasteiger partial charge is 0.506 e. The Balaban J connectivity index is 0.00000225. The molecule has 128 valence electrons. The number of amides is 1. The Bertz CT molecular complexity index is 972. The van der Waals surface area contributed by atoms with E-state index in [9.17, 15) is 25.1 Å². The first kappa shape index (κ1) is 17.7. The van der Waals surface area contributed by atoms with Crippen molar-refractivity contribution in [2.45, 2.75) is 7.43 Å². The maximum Gasteiger partial charge on any atom is 0.271 e. The maximum absolute atomic E-state index is 12.3. The molecule has 3 N–H and O–H groups in total. The molecule has 0 fully saturated rings. The fourth-order valence-corrected chi connectivity index (χ4v) is 2.24. The van der Waals surface area contributed by atoms with Gasteiger partial charge in [0.05, 0.1) is 16.2 Å². The molecule has 0 aliphatic carbocycles. The normalized spacial score (nSPS) is 10.1. The van der Waals surface area contributed by atoms with E-state index in [-0.39, 0.29) is 41.4 Å². The Labute approximate surface area is 142 Å². The van der Waals surface area contributed by atoms with E-state index in [0.717, 1.165) is 18.2 Å². The van der Waals surface area contributed by atoms with Crippen LogP contribution in [0.3, 0.4) is 0 Å². The number of non-ortho nitro benzene ring substituents is 1. The highest BCUT2D eigenvalue weighted by Crippen LogP contribution is 2.31. The highest BCUT2D eigenvalue weighted by atomic mass is 16.6. The smallest absolute Gasteiger partial charge is 0.271 e. The number of carbonyl (C=O) groups excluding carboxylic acids is 1. The van der Waals surface area contributed by atoms with Gasteiger partial charge in [0.2, 0.25) is 0 Å². The summed E-state index contributed by atoms with van der Waals surface area (Å²) < 4.78 is 0. The van der Waals surface area contributed by atoms with Gasteiger partial charge in [0.25, 0.3) is 11.6 Å². The van der Waals surface area contributed by atoms with E-state index in [0.29, 0.717) is 5.39 Å². The third kappa shape index (κ3) is 3.32. The number of anilines is 1. The third-order valence-electron chi connectivity index (χ3n) is 3.43. The van der Waals surface area contributed by atoms with Gasteiger partial charge in [-0.05, 0) is 18.2 Å². The predicted octanol–water partition coefficient (Wildman–Crippen LogP) is 3.44. The van der Waals surface area contributed by atoms with Crippen LogP contribution in [-0.4, -0.2) is 26.0 Å². The van der Waals surface area contributed by atoms with Crippen molar-refractivity contribution in [3.8, 4) is 11.5 Å². The molecule has 0 radical (unpaired) electrons. The van der Waals surface area contributed by atoms with E-state index in [1.807, 2.05) is 0 Å². The molecule has 0 bridgehead atoms. The Hall–Kier alpha value is -3.68. The summed E-state index contributed by atoms with van der Waals surface area (Å²) in [5, 5.41) is 33.7. The molecule has 8 nitrogen and oxygen atoms in total. The third-order valence-corrected chi connectivity index (χ3v) is 3.43. The number of hydrogen-bond acceptors (Lipinski definition) is 6. The van der Waals surface area contributed by atoms with Gasteiger partial charge in [-0.25, -0.2) is 0 Å². The quantitative estimate of drug-likeness (QED) is 0.380. The van der Waals surface area contributed by atoms with Crippen LogP contribution in [-0.2, 0) is 0 Å². The minimum Gasteiger partial charge on any atom is -0.506 e. The average molecular weight is 341 g/mol. The van der Waals surface area contributed by atoms with E-state index in [4.69, 9.17) is 0 Å². The number of benzene rings is 2. The van der Waals surface area contributed by atoms with Crippen LogP contribution >= 0.6 is 0 Å². The number of hydrogen-bond donors (Lipinski definition) is 3. The summed E-state index contributed by atoms with van der Waals surface area (Å²) in [5.74, 6) is -1.36. The highest BCUT2D eigenvalue weighted by molar-refractivity contribution is 6.09. The standard InChI is InChI=1S/C16H11N3O5.CH4/c20-13-6-4-10(19(23)24)8-12(13)18-16(22)11-5-3-9-2-1-7-17-14(9)15(11)21;/h1-8,20-21H,(H,18,22);1H4. The van der Waals surface area contributed by atoms with Crippen LogP contribution in [0.25, 0.3) is 10.9 Å². The molecule has 1 aromatic heterocycles. The van der Waals surface area contributed by atoms with Crippen LogP contribution in [0.4, 0.5) is 11.4 Å². The molecule has 0 aliphatic rings. The fourth-order valence-electron chi connectivity index (χ4n) is 2.24. The van der Waals surface area contributed by atoms with Gasteiger partial charge in [-0.1, -0.05) is 19.6 Å². The monoisotopic (exact) mass is 341 g/mol. The molecule has 1 amide bonds. The first-order chi connectivity index (χ1) is 11.5. The number of carbonyl (C=O) groups is 1. The molecule has 25 heavy (non-hydrogen) atoms. The van der Waals surface area contributed by atoms with Gasteiger partial charge in [0.15, 0.2) is 5.75 Å². The summed E-state index contributed by atoms with van der Waals surface area (Å²) in [7, 11) is 0. The van der Waals surface area contributed by atoms with Crippen molar-refractivity contribution in [1.29, 1.82) is 0 Å². The van der Waals surface area contributed by atoms with Gasteiger partial charge in [-0.2, -0.15) is 0 Å². The number of rotatable bonds is 3. The molecular formula is C17H15N3O5. The number of nitro benzene ring substituents is 1. The summed E-state index contributed by atoms with van der Waals surface area (Å²) in [4.78, 5) is 26.5. The van der Waals surface area contributed by atoms with Gasteiger partial charge in [-0.15, -0.1) is 0 Å². The van der Waals surface area contributed by atoms with Crippen LogP contribution < -0.4 is 5.32 Å². The summed E-state index contributed by atoms with van der Waals surface area (Å²) >= 11 is 0. The molecule has 0 saturated carbocycles. The molecule has 2 aromatic carbocycles. The summed E-state index contributed by atoms with van der Waals surface area (Å²) in [6, 6.07) is 9.70. The van der Waals surface area contributed by atoms with E-state index in [1.54, 1.807) is 18.2 Å². The van der Waals surface area contributed by atoms with Crippen LogP contribution in [0.5, 0.6) is 11.5 Å². The lowest BCUT2D eigenvalue weighted by Crippen LogP contribution is -2.12. The number of aromatic hydroxyl groups is 2. The Morgan fingerprint density at radius 1 is 1.16 bits per heavy atom. The molecule has 0 spiro atoms. The van der Waals surface area contributed by atoms with E-state index in [1.165, 1.54) is 12.3 Å². The number of fused-ring (bicyclic) bond motifs is 1. The molecule has 0 unspecified atom stereocenters. The Morgan fingerprint density at radius 3 is 2.64 bits per heavy atom. The highest BCUT2D eigenvalue weighted by Gasteiger charge is 2.17. The van der Waals surface area contributed by atoms with Crippen molar-refractivity contribution in [1.82, 2.24) is 4.98 Å². The van der Waals surface area contributed by atoms with Crippen molar-refractivity contribution in [3.63, 3.8) is 0 Å². The first-order valence-corrected chi connectivity index (χ1v) is 6.83. The topological polar surface area (TPSA) is 126 Å². The number of phenolic OH excluding ortho intramolecular Hbond substituents is 2. The fraction of sp³-hybridized carbons (Fsp3) is 0.0588. The van der Waals surface area contributed by atoms with Gasteiger partial charge in [0, 0.05) is 23.7 Å². The zero-order valence-corrected chi connectivity index (χ0v) is 12.1. The van der Waals surface area contributed by atoms with Crippen molar-refractivity contribution in [3.05, 3.63) is 64.3 Å². The number of nitrogens with zero attached hydrogens (tertiary/aromatic N) is 2. The van der Waals surface area contributed by atoms with Crippen LogP contribution in [0.1, 0.15) is 17.8 Å². The Morgan fingerprint density at radius 2 is 1.92 bits per heavy atom. The number of pyridine rings is 1. The van der Waals surface area contributed by atoms with Crippen LogP contribution in [0.2, 0.25) is 0 Å². The molecule has 8 heteroatoms. The minimum atomic E-state index is -0.726. The van der Waals surface area contributed by atoms with Gasteiger partial charge in [-0.3, -0.25) is 19.9 Å². The molecule has 0 saturated heterocycles. The van der Waals surface area contributed by atoms with E-state index < -0.39 is 10.8 Å². The molecule has 3 rings (SSSR count). The molecule has 1 heterocycles. The summed E-state index contributed by atoms with van der Waals surface area (Å²) in [5.41, 5.74) is -0.220. The zero-order chi connectivity index (χ0) is 17.3. The average Bonchev–Trinajstić information content (AvgIpc) is 2.57. The zero-order valence-electron chi connectivity index (χ0n) is 12.1. The molecule has 3 aromatic rings. The van der Waals surface area contributed by atoms with Crippen LogP contribution in [0, 0.1) is 10.1 Å². The van der Waals surface area contributed by atoms with Crippen LogP contribution in [0.15, 0.2) is 48.7 Å². The second kappa shape index (κ2) is 6.83.